The summed E-state index contributed by atoms with van der Waals surface area (Å²) in [5.74, 6) is 0.731. The maximum Gasteiger partial charge on any atom is 0.265 e. The van der Waals surface area contributed by atoms with Crippen LogP contribution < -0.4 is 10.2 Å². The van der Waals surface area contributed by atoms with Crippen LogP contribution in [0.25, 0.3) is 22.1 Å². The predicted molar refractivity (Wildman–Crippen MR) is 99.8 cm³/mol. The molecule has 130 valence electrons. The molecular weight excluding hydrogens is 332 g/mol. The molecule has 0 fully saturated rings. The Hall–Kier alpha value is -3.68. The van der Waals surface area contributed by atoms with Gasteiger partial charge in [-0.05, 0) is 42.8 Å². The molecule has 0 amide bonds. The van der Waals surface area contributed by atoms with E-state index in [9.17, 15) is 5.11 Å². The lowest BCUT2D eigenvalue weighted by Crippen LogP contribution is -1.99. The van der Waals surface area contributed by atoms with Crippen LogP contribution in [0, 0.1) is 6.92 Å². The van der Waals surface area contributed by atoms with Crippen LogP contribution in [-0.2, 0) is 0 Å². The molecular formula is C18H16N6O2. The zero-order valence-corrected chi connectivity index (χ0v) is 14.2. The minimum Gasteiger partial charge on any atom is -0.504 e. The highest BCUT2D eigenvalue weighted by molar-refractivity contribution is 6.03. The number of phenolic OH excluding ortho intramolecular Hbond substituents is 1. The standard InChI is InChI=1S/C18H16N6O2/c1-10-3-5-13-12(7-10)16-17(20-13)21-18(24-22-16)23-19-9-11-4-6-14(25)15(8-11)26-2/h3-9,25H,1-2H3,(H2,20,21,23,24)/b19-9+. The Morgan fingerprint density at radius 3 is 2.92 bits per heavy atom. The number of benzene rings is 2. The highest BCUT2D eigenvalue weighted by atomic mass is 16.5. The minimum absolute atomic E-state index is 0.0737. The van der Waals surface area contributed by atoms with Crippen molar-refractivity contribution in [1.82, 2.24) is 20.2 Å². The Morgan fingerprint density at radius 1 is 1.19 bits per heavy atom. The number of hydrogen-bond donors (Lipinski definition) is 3. The van der Waals surface area contributed by atoms with Crippen LogP contribution in [0.4, 0.5) is 5.95 Å². The summed E-state index contributed by atoms with van der Waals surface area (Å²) in [6.45, 7) is 2.03. The van der Waals surface area contributed by atoms with Gasteiger partial charge in [0.25, 0.3) is 5.95 Å². The van der Waals surface area contributed by atoms with Crippen molar-refractivity contribution in [2.75, 3.05) is 12.5 Å². The topological polar surface area (TPSA) is 108 Å². The van der Waals surface area contributed by atoms with Crippen molar-refractivity contribution in [3.63, 3.8) is 0 Å². The first-order valence-electron chi connectivity index (χ1n) is 7.93. The Bertz CT molecular complexity index is 1140. The first kappa shape index (κ1) is 15.8. The smallest absolute Gasteiger partial charge is 0.265 e. The number of H-pyrrole nitrogens is 1. The van der Waals surface area contributed by atoms with Gasteiger partial charge in [0.2, 0.25) is 0 Å². The third-order valence-corrected chi connectivity index (χ3v) is 3.95. The second-order valence-electron chi connectivity index (χ2n) is 5.81. The summed E-state index contributed by atoms with van der Waals surface area (Å²) in [6, 6.07) is 11.0. The van der Waals surface area contributed by atoms with Crippen LogP contribution in [0.1, 0.15) is 11.1 Å². The van der Waals surface area contributed by atoms with Crippen molar-refractivity contribution in [3.05, 3.63) is 47.5 Å². The number of nitrogens with zero attached hydrogens (tertiary/aromatic N) is 4. The molecule has 26 heavy (non-hydrogen) atoms. The van der Waals surface area contributed by atoms with E-state index in [1.807, 2.05) is 25.1 Å². The van der Waals surface area contributed by atoms with Gasteiger partial charge in [-0.2, -0.15) is 10.1 Å². The normalized spacial score (nSPS) is 11.5. The van der Waals surface area contributed by atoms with Gasteiger partial charge in [-0.1, -0.05) is 11.6 Å². The fraction of sp³-hybridized carbons (Fsp3) is 0.111. The molecule has 8 nitrogen and oxygen atoms in total. The van der Waals surface area contributed by atoms with E-state index in [2.05, 4.69) is 30.7 Å². The number of aromatic hydroxyl groups is 1. The van der Waals surface area contributed by atoms with Crippen LogP contribution in [0.5, 0.6) is 11.5 Å². The fourth-order valence-electron chi connectivity index (χ4n) is 2.67. The van der Waals surface area contributed by atoms with E-state index in [4.69, 9.17) is 4.74 Å². The number of rotatable bonds is 4. The molecule has 2 heterocycles. The summed E-state index contributed by atoms with van der Waals surface area (Å²) in [4.78, 5) is 7.63. The molecule has 8 heteroatoms. The largest absolute Gasteiger partial charge is 0.504 e. The van der Waals surface area contributed by atoms with E-state index < -0.39 is 0 Å². The highest BCUT2D eigenvalue weighted by Gasteiger charge is 2.09. The number of methoxy groups -OCH3 is 1. The number of aromatic amines is 1. The predicted octanol–water partition coefficient (Wildman–Crippen LogP) is 2.97. The van der Waals surface area contributed by atoms with Crippen LogP contribution in [0.15, 0.2) is 41.5 Å². The monoisotopic (exact) mass is 348 g/mol. The van der Waals surface area contributed by atoms with E-state index in [1.165, 1.54) is 13.2 Å². The molecule has 2 aromatic carbocycles. The molecule has 0 aliphatic rings. The summed E-state index contributed by atoms with van der Waals surface area (Å²) in [6.07, 6.45) is 1.57. The lowest BCUT2D eigenvalue weighted by molar-refractivity contribution is 0.373. The first-order valence-corrected chi connectivity index (χ1v) is 7.93. The van der Waals surface area contributed by atoms with E-state index >= 15 is 0 Å². The molecule has 0 aliphatic heterocycles. The molecule has 4 aromatic rings. The molecule has 0 radical (unpaired) electrons. The van der Waals surface area contributed by atoms with Crippen molar-refractivity contribution >= 4 is 34.2 Å². The van der Waals surface area contributed by atoms with Crippen molar-refractivity contribution in [3.8, 4) is 11.5 Å². The number of aromatic nitrogens is 4. The van der Waals surface area contributed by atoms with Gasteiger partial charge in [-0.3, -0.25) is 0 Å². The molecule has 0 unspecified atom stereocenters. The highest BCUT2D eigenvalue weighted by Crippen LogP contribution is 2.26. The summed E-state index contributed by atoms with van der Waals surface area (Å²) < 4.78 is 5.06. The number of anilines is 1. The molecule has 0 atom stereocenters. The second kappa shape index (κ2) is 6.32. The molecule has 0 spiro atoms. The molecule has 0 bridgehead atoms. The molecule has 0 aliphatic carbocycles. The minimum atomic E-state index is 0.0737. The van der Waals surface area contributed by atoms with Gasteiger partial charge in [0.15, 0.2) is 17.1 Å². The molecule has 4 rings (SSSR count). The third kappa shape index (κ3) is 2.88. The van der Waals surface area contributed by atoms with Crippen LogP contribution in [0.2, 0.25) is 0 Å². The number of hydrogen-bond acceptors (Lipinski definition) is 7. The van der Waals surface area contributed by atoms with Crippen molar-refractivity contribution in [1.29, 1.82) is 0 Å². The quantitative estimate of drug-likeness (QED) is 0.386. The number of hydrazone groups is 1. The van der Waals surface area contributed by atoms with Gasteiger partial charge in [0, 0.05) is 10.9 Å². The zero-order valence-electron chi connectivity index (χ0n) is 14.2. The molecule has 0 saturated heterocycles. The van der Waals surface area contributed by atoms with Gasteiger partial charge in [-0.15, -0.1) is 10.2 Å². The van der Waals surface area contributed by atoms with E-state index in [1.54, 1.807) is 18.3 Å². The number of phenols is 1. The van der Waals surface area contributed by atoms with Crippen molar-refractivity contribution < 1.29 is 9.84 Å². The Balaban J connectivity index is 1.58. The van der Waals surface area contributed by atoms with Gasteiger partial charge in [0.1, 0.15) is 5.52 Å². The number of fused-ring (bicyclic) bond motifs is 3. The van der Waals surface area contributed by atoms with Crippen molar-refractivity contribution in [2.45, 2.75) is 6.92 Å². The number of nitrogens with one attached hydrogen (secondary N) is 2. The Labute approximate surface area is 148 Å². The average molecular weight is 348 g/mol. The van der Waals surface area contributed by atoms with Crippen LogP contribution >= 0.6 is 0 Å². The van der Waals surface area contributed by atoms with Crippen LogP contribution in [0.3, 0.4) is 0 Å². The van der Waals surface area contributed by atoms with Crippen molar-refractivity contribution in [2.24, 2.45) is 5.10 Å². The number of aryl methyl sites for hydroxylation is 1. The summed E-state index contributed by atoms with van der Waals surface area (Å²) in [5, 5.41) is 23.0. The van der Waals surface area contributed by atoms with E-state index in [0.717, 1.165) is 27.5 Å². The maximum absolute atomic E-state index is 9.60. The number of ether oxygens (including phenoxy) is 1. The molecule has 0 saturated carbocycles. The Kier molecular flexibility index (Phi) is 3.85. The summed E-state index contributed by atoms with van der Waals surface area (Å²) >= 11 is 0. The third-order valence-electron chi connectivity index (χ3n) is 3.95. The lowest BCUT2D eigenvalue weighted by Gasteiger charge is -2.03. The van der Waals surface area contributed by atoms with Crippen LogP contribution in [-0.4, -0.2) is 38.6 Å². The second-order valence-corrected chi connectivity index (χ2v) is 5.81. The Morgan fingerprint density at radius 2 is 2.08 bits per heavy atom. The average Bonchev–Trinajstić information content (AvgIpc) is 3.00. The maximum atomic E-state index is 9.60. The summed E-state index contributed by atoms with van der Waals surface area (Å²) in [7, 11) is 1.49. The molecule has 3 N–H and O–H groups in total. The van der Waals surface area contributed by atoms with Gasteiger partial charge in [0.05, 0.1) is 13.3 Å². The first-order chi connectivity index (χ1) is 12.6. The lowest BCUT2D eigenvalue weighted by atomic mass is 10.2. The van der Waals surface area contributed by atoms with E-state index in [0.29, 0.717) is 11.4 Å². The fourth-order valence-corrected chi connectivity index (χ4v) is 2.67. The van der Waals surface area contributed by atoms with E-state index in [-0.39, 0.29) is 11.7 Å². The van der Waals surface area contributed by atoms with Gasteiger partial charge in [-0.25, -0.2) is 5.43 Å². The van der Waals surface area contributed by atoms with Gasteiger partial charge < -0.3 is 14.8 Å². The zero-order chi connectivity index (χ0) is 18.1. The van der Waals surface area contributed by atoms with Gasteiger partial charge >= 0.3 is 0 Å². The SMILES string of the molecule is COc1cc(/C=N/Nc2nnc3c(n2)[nH]c2ccc(C)cc23)ccc1O. The summed E-state index contributed by atoms with van der Waals surface area (Å²) in [5.41, 5.74) is 6.99. The molecule has 2 aromatic heterocycles.